The quantitative estimate of drug-likeness (QED) is 0.582. The highest BCUT2D eigenvalue weighted by Crippen LogP contribution is 2.16. The smallest absolute Gasteiger partial charge is 0.352 e. The topological polar surface area (TPSA) is 97.7 Å². The monoisotopic (exact) mass is 251 g/mol. The van der Waals surface area contributed by atoms with Crippen molar-refractivity contribution in [1.29, 1.82) is 0 Å². The molecule has 0 aliphatic carbocycles. The van der Waals surface area contributed by atoms with Gasteiger partial charge in [0.2, 0.25) is 5.95 Å². The molecular formula is C9H6ClN5O2. The summed E-state index contributed by atoms with van der Waals surface area (Å²) in [7, 11) is 0. The summed E-state index contributed by atoms with van der Waals surface area (Å²) in [5.41, 5.74) is 5.28. The lowest BCUT2D eigenvalue weighted by Crippen LogP contribution is -2.20. The Bertz CT molecular complexity index is 859. The van der Waals surface area contributed by atoms with Gasteiger partial charge in [0.05, 0.1) is 11.0 Å². The first kappa shape index (κ1) is 9.91. The van der Waals surface area contributed by atoms with Crippen LogP contribution in [0, 0.1) is 0 Å². The van der Waals surface area contributed by atoms with E-state index in [2.05, 4.69) is 9.97 Å². The van der Waals surface area contributed by atoms with Crippen molar-refractivity contribution in [3.05, 3.63) is 44.2 Å². The largest absolute Gasteiger partial charge is 0.368 e. The maximum Gasteiger partial charge on any atom is 0.352 e. The SMILES string of the molecule is Nc1nc2ccc(Cl)cc2n2c(=O)[nH]c(=O)n12. The van der Waals surface area contributed by atoms with Crippen LogP contribution in [0.5, 0.6) is 0 Å². The van der Waals surface area contributed by atoms with Crippen molar-refractivity contribution in [3.8, 4) is 0 Å². The lowest BCUT2D eigenvalue weighted by atomic mass is 10.3. The van der Waals surface area contributed by atoms with Gasteiger partial charge in [-0.15, -0.1) is 0 Å². The zero-order valence-electron chi connectivity index (χ0n) is 8.35. The number of aromatic nitrogens is 4. The van der Waals surface area contributed by atoms with Gasteiger partial charge in [0, 0.05) is 5.02 Å². The summed E-state index contributed by atoms with van der Waals surface area (Å²) in [5, 5.41) is 0.437. The van der Waals surface area contributed by atoms with Crippen LogP contribution in [-0.4, -0.2) is 19.0 Å². The number of nitrogens with two attached hydrogens (primary N) is 1. The Labute approximate surface area is 98.1 Å². The minimum atomic E-state index is -0.637. The van der Waals surface area contributed by atoms with Gasteiger partial charge in [-0.25, -0.2) is 14.6 Å². The maximum absolute atomic E-state index is 11.6. The van der Waals surface area contributed by atoms with Gasteiger partial charge in [0.25, 0.3) is 0 Å². The highest BCUT2D eigenvalue weighted by Gasteiger charge is 2.11. The molecule has 86 valence electrons. The molecule has 0 saturated heterocycles. The van der Waals surface area contributed by atoms with E-state index in [4.69, 9.17) is 17.3 Å². The molecule has 8 heteroatoms. The van der Waals surface area contributed by atoms with E-state index in [1.807, 2.05) is 0 Å². The van der Waals surface area contributed by atoms with Crippen molar-refractivity contribution >= 4 is 28.6 Å². The fourth-order valence-electron chi connectivity index (χ4n) is 1.73. The highest BCUT2D eigenvalue weighted by atomic mass is 35.5. The van der Waals surface area contributed by atoms with E-state index in [0.717, 1.165) is 9.03 Å². The second-order valence-corrected chi connectivity index (χ2v) is 3.90. The Morgan fingerprint density at radius 1 is 1.24 bits per heavy atom. The Morgan fingerprint density at radius 2 is 1.94 bits per heavy atom. The van der Waals surface area contributed by atoms with Gasteiger partial charge in [-0.1, -0.05) is 11.6 Å². The van der Waals surface area contributed by atoms with Gasteiger partial charge < -0.3 is 5.73 Å². The fourth-order valence-corrected chi connectivity index (χ4v) is 1.90. The number of nitrogens with zero attached hydrogens (tertiary/aromatic N) is 3. The number of hydrogen-bond donors (Lipinski definition) is 2. The van der Waals surface area contributed by atoms with E-state index in [-0.39, 0.29) is 5.95 Å². The first-order valence-corrected chi connectivity index (χ1v) is 5.04. The molecule has 2 aromatic heterocycles. The zero-order valence-corrected chi connectivity index (χ0v) is 9.10. The molecule has 1 aromatic carbocycles. The van der Waals surface area contributed by atoms with Crippen molar-refractivity contribution in [3.63, 3.8) is 0 Å². The predicted octanol–water partition coefficient (Wildman–Crippen LogP) is -0.129. The van der Waals surface area contributed by atoms with Crippen LogP contribution < -0.4 is 17.1 Å². The molecule has 0 bridgehead atoms. The molecule has 3 rings (SSSR count). The van der Waals surface area contributed by atoms with E-state index < -0.39 is 11.4 Å². The summed E-state index contributed by atoms with van der Waals surface area (Å²) in [5.74, 6) is -0.0665. The number of fused-ring (bicyclic) bond motifs is 3. The molecule has 0 saturated carbocycles. The lowest BCUT2D eigenvalue weighted by molar-refractivity contribution is 0.796. The zero-order chi connectivity index (χ0) is 12.2. The molecule has 0 aliphatic heterocycles. The first-order valence-electron chi connectivity index (χ1n) is 4.67. The molecule has 0 unspecified atom stereocenters. The number of anilines is 1. The Balaban J connectivity index is 2.76. The van der Waals surface area contributed by atoms with Crippen LogP contribution in [0.2, 0.25) is 5.02 Å². The molecule has 0 fully saturated rings. The van der Waals surface area contributed by atoms with Gasteiger partial charge >= 0.3 is 11.4 Å². The number of rotatable bonds is 0. The predicted molar refractivity (Wildman–Crippen MR) is 62.5 cm³/mol. The van der Waals surface area contributed by atoms with Crippen molar-refractivity contribution in [1.82, 2.24) is 19.0 Å². The molecule has 0 aliphatic rings. The second-order valence-electron chi connectivity index (χ2n) is 3.46. The van der Waals surface area contributed by atoms with E-state index in [0.29, 0.717) is 16.1 Å². The molecule has 3 aromatic rings. The summed E-state index contributed by atoms with van der Waals surface area (Å²) < 4.78 is 2.06. The van der Waals surface area contributed by atoms with Gasteiger partial charge in [0.1, 0.15) is 0 Å². The summed E-state index contributed by atoms with van der Waals surface area (Å²) >= 11 is 5.85. The van der Waals surface area contributed by atoms with Gasteiger partial charge in [-0.05, 0) is 18.2 Å². The number of nitrogens with one attached hydrogen (secondary N) is 1. The number of benzene rings is 1. The molecule has 3 N–H and O–H groups in total. The summed E-state index contributed by atoms with van der Waals surface area (Å²) in [6.07, 6.45) is 0. The minimum absolute atomic E-state index is 0.0665. The maximum atomic E-state index is 11.6. The lowest BCUT2D eigenvalue weighted by Gasteiger charge is -2.04. The molecule has 0 amide bonds. The fraction of sp³-hybridized carbons (Fsp3) is 0. The van der Waals surface area contributed by atoms with E-state index in [9.17, 15) is 9.59 Å². The van der Waals surface area contributed by atoms with Gasteiger partial charge in [0.15, 0.2) is 0 Å². The van der Waals surface area contributed by atoms with Gasteiger partial charge in [-0.3, -0.25) is 4.98 Å². The number of aromatic amines is 1. The molecule has 7 nitrogen and oxygen atoms in total. The Kier molecular flexibility index (Phi) is 1.81. The summed E-state index contributed by atoms with van der Waals surface area (Å²) in [6.45, 7) is 0. The molecule has 2 heterocycles. The van der Waals surface area contributed by atoms with Crippen LogP contribution >= 0.6 is 11.6 Å². The molecule has 17 heavy (non-hydrogen) atoms. The third-order valence-electron chi connectivity index (χ3n) is 2.42. The summed E-state index contributed by atoms with van der Waals surface area (Å²) in [6, 6.07) is 4.79. The van der Waals surface area contributed by atoms with Crippen LogP contribution in [0.3, 0.4) is 0 Å². The Morgan fingerprint density at radius 3 is 2.71 bits per heavy atom. The van der Waals surface area contributed by atoms with E-state index >= 15 is 0 Å². The average molecular weight is 252 g/mol. The van der Waals surface area contributed by atoms with Gasteiger partial charge in [-0.2, -0.15) is 9.03 Å². The normalized spacial score (nSPS) is 11.4. The van der Waals surface area contributed by atoms with E-state index in [1.165, 1.54) is 6.07 Å². The number of hydrogen-bond acceptors (Lipinski definition) is 4. The van der Waals surface area contributed by atoms with Crippen molar-refractivity contribution in [2.24, 2.45) is 0 Å². The standard InChI is InChI=1S/C9H6ClN5O2/c10-4-1-2-5-6(3-4)14-8(16)13-9(17)15(14)7(11)12-5/h1-3H,(H2,11,12)(H,13,16,17). The van der Waals surface area contributed by atoms with Crippen molar-refractivity contribution in [2.75, 3.05) is 5.73 Å². The van der Waals surface area contributed by atoms with E-state index in [1.54, 1.807) is 12.1 Å². The molecular weight excluding hydrogens is 246 g/mol. The highest BCUT2D eigenvalue weighted by molar-refractivity contribution is 6.31. The second kappa shape index (κ2) is 3.11. The third kappa shape index (κ3) is 1.26. The van der Waals surface area contributed by atoms with Crippen LogP contribution in [0.4, 0.5) is 5.95 Å². The minimum Gasteiger partial charge on any atom is -0.368 e. The third-order valence-corrected chi connectivity index (χ3v) is 2.65. The molecule has 0 radical (unpaired) electrons. The van der Waals surface area contributed by atoms with Crippen LogP contribution in [0.1, 0.15) is 0 Å². The number of nitrogen functional groups attached to an aromatic ring is 1. The first-order chi connectivity index (χ1) is 8.08. The number of halogens is 1. The average Bonchev–Trinajstić information content (AvgIpc) is 2.56. The Hall–Kier alpha value is -2.28. The van der Waals surface area contributed by atoms with Crippen molar-refractivity contribution in [2.45, 2.75) is 0 Å². The van der Waals surface area contributed by atoms with Crippen molar-refractivity contribution < 1.29 is 0 Å². The van der Waals surface area contributed by atoms with Crippen LogP contribution in [0.15, 0.2) is 27.8 Å². The van der Waals surface area contributed by atoms with Crippen LogP contribution in [0.25, 0.3) is 11.0 Å². The molecule has 0 spiro atoms. The number of H-pyrrole nitrogens is 1. The summed E-state index contributed by atoms with van der Waals surface area (Å²) in [4.78, 5) is 29.3. The van der Waals surface area contributed by atoms with Crippen LogP contribution in [-0.2, 0) is 0 Å². The molecule has 0 atom stereocenters.